The van der Waals surface area contributed by atoms with Crippen LogP contribution in [0.15, 0.2) is 30.3 Å². The van der Waals surface area contributed by atoms with Crippen molar-refractivity contribution in [3.05, 3.63) is 30.3 Å². The lowest BCUT2D eigenvalue weighted by molar-refractivity contribution is -0.141. The molecule has 0 bridgehead atoms. The SMILES string of the molecule is CCOCCCN(CC(F)(F)F)C(=O)Oc1ccccc1. The standard InChI is InChI=1S/C14H18F3NO3/c1-2-20-10-6-9-18(11-14(15,16)17)13(19)21-12-7-4-3-5-8-12/h3-5,7-8H,2,6,9-11H2,1H3. The number of nitrogens with zero attached hydrogens (tertiary/aromatic N) is 1. The zero-order valence-electron chi connectivity index (χ0n) is 11.7. The van der Waals surface area contributed by atoms with E-state index in [1.54, 1.807) is 25.1 Å². The number of ether oxygens (including phenoxy) is 2. The van der Waals surface area contributed by atoms with Crippen LogP contribution in [0.4, 0.5) is 18.0 Å². The molecule has 4 nitrogen and oxygen atoms in total. The van der Waals surface area contributed by atoms with E-state index in [0.717, 1.165) is 0 Å². The summed E-state index contributed by atoms with van der Waals surface area (Å²) >= 11 is 0. The van der Waals surface area contributed by atoms with E-state index in [4.69, 9.17) is 9.47 Å². The highest BCUT2D eigenvalue weighted by Crippen LogP contribution is 2.18. The van der Waals surface area contributed by atoms with Crippen molar-refractivity contribution >= 4 is 6.09 Å². The number of carbonyl (C=O) groups is 1. The molecule has 0 radical (unpaired) electrons. The van der Waals surface area contributed by atoms with Crippen molar-refractivity contribution in [1.82, 2.24) is 4.90 Å². The van der Waals surface area contributed by atoms with Gasteiger partial charge in [-0.05, 0) is 25.5 Å². The molecule has 21 heavy (non-hydrogen) atoms. The highest BCUT2D eigenvalue weighted by atomic mass is 19.4. The molecular formula is C14H18F3NO3. The monoisotopic (exact) mass is 305 g/mol. The van der Waals surface area contributed by atoms with Crippen LogP contribution in [0.1, 0.15) is 13.3 Å². The van der Waals surface area contributed by atoms with Crippen LogP contribution in [-0.2, 0) is 4.74 Å². The highest BCUT2D eigenvalue weighted by molar-refractivity contribution is 5.70. The van der Waals surface area contributed by atoms with Gasteiger partial charge in [0, 0.05) is 19.8 Å². The van der Waals surface area contributed by atoms with E-state index >= 15 is 0 Å². The molecule has 0 spiro atoms. The second-order valence-corrected chi connectivity index (χ2v) is 4.27. The predicted octanol–water partition coefficient (Wildman–Crippen LogP) is 3.48. The molecule has 0 atom stereocenters. The van der Waals surface area contributed by atoms with Gasteiger partial charge in [-0.3, -0.25) is 4.90 Å². The van der Waals surface area contributed by atoms with Crippen LogP contribution in [0, 0.1) is 0 Å². The minimum absolute atomic E-state index is 0.0782. The fourth-order valence-corrected chi connectivity index (χ4v) is 1.61. The highest BCUT2D eigenvalue weighted by Gasteiger charge is 2.33. The summed E-state index contributed by atoms with van der Waals surface area (Å²) in [6, 6.07) is 7.98. The fraction of sp³-hybridized carbons (Fsp3) is 0.500. The minimum Gasteiger partial charge on any atom is -0.410 e. The quantitative estimate of drug-likeness (QED) is 0.724. The molecule has 0 aliphatic carbocycles. The molecule has 0 heterocycles. The van der Waals surface area contributed by atoms with E-state index in [-0.39, 0.29) is 12.3 Å². The van der Waals surface area contributed by atoms with Gasteiger partial charge in [-0.25, -0.2) is 4.79 Å². The number of hydrogen-bond acceptors (Lipinski definition) is 3. The zero-order valence-corrected chi connectivity index (χ0v) is 11.7. The number of para-hydroxylation sites is 1. The Balaban J connectivity index is 2.59. The number of carbonyl (C=O) groups excluding carboxylic acids is 1. The second-order valence-electron chi connectivity index (χ2n) is 4.27. The van der Waals surface area contributed by atoms with Crippen LogP contribution >= 0.6 is 0 Å². The molecule has 0 saturated carbocycles. The van der Waals surface area contributed by atoms with Gasteiger partial charge in [-0.2, -0.15) is 13.2 Å². The lowest BCUT2D eigenvalue weighted by Gasteiger charge is -2.23. The third kappa shape index (κ3) is 7.55. The maximum absolute atomic E-state index is 12.5. The summed E-state index contributed by atoms with van der Waals surface area (Å²) < 4.78 is 47.5. The van der Waals surface area contributed by atoms with Crippen LogP contribution in [0.3, 0.4) is 0 Å². The molecular weight excluding hydrogens is 287 g/mol. The molecule has 0 aliphatic rings. The summed E-state index contributed by atoms with van der Waals surface area (Å²) in [5.41, 5.74) is 0. The maximum atomic E-state index is 12.5. The Labute approximate surface area is 121 Å². The van der Waals surface area contributed by atoms with Crippen LogP contribution in [-0.4, -0.2) is 43.5 Å². The average Bonchev–Trinajstić information content (AvgIpc) is 2.42. The second kappa shape index (κ2) is 8.51. The van der Waals surface area contributed by atoms with Crippen LogP contribution in [0.5, 0.6) is 5.75 Å². The Kier molecular flexibility index (Phi) is 7.01. The first-order chi connectivity index (χ1) is 9.92. The molecule has 0 saturated heterocycles. The van der Waals surface area contributed by atoms with Crippen molar-refractivity contribution in [1.29, 1.82) is 0 Å². The molecule has 1 amide bonds. The van der Waals surface area contributed by atoms with Gasteiger partial charge in [0.1, 0.15) is 12.3 Å². The van der Waals surface area contributed by atoms with E-state index in [1.165, 1.54) is 12.1 Å². The summed E-state index contributed by atoms with van der Waals surface area (Å²) in [5, 5.41) is 0. The molecule has 0 aliphatic heterocycles. The molecule has 0 N–H and O–H groups in total. The van der Waals surface area contributed by atoms with Crippen molar-refractivity contribution in [2.75, 3.05) is 26.3 Å². The van der Waals surface area contributed by atoms with Crippen molar-refractivity contribution in [3.8, 4) is 5.75 Å². The van der Waals surface area contributed by atoms with E-state index < -0.39 is 18.8 Å². The maximum Gasteiger partial charge on any atom is 0.415 e. The fourth-order valence-electron chi connectivity index (χ4n) is 1.61. The molecule has 1 rings (SSSR count). The van der Waals surface area contributed by atoms with Crippen molar-refractivity contribution in [2.24, 2.45) is 0 Å². The van der Waals surface area contributed by atoms with E-state index in [9.17, 15) is 18.0 Å². The Morgan fingerprint density at radius 3 is 2.48 bits per heavy atom. The molecule has 1 aromatic carbocycles. The molecule has 1 aromatic rings. The van der Waals surface area contributed by atoms with Crippen LogP contribution in [0.25, 0.3) is 0 Å². The number of amides is 1. The Bertz CT molecular complexity index is 423. The molecule has 7 heteroatoms. The van der Waals surface area contributed by atoms with E-state index in [1.807, 2.05) is 0 Å². The molecule has 0 aromatic heterocycles. The van der Waals surface area contributed by atoms with Gasteiger partial charge >= 0.3 is 12.3 Å². The third-order valence-electron chi connectivity index (χ3n) is 2.50. The number of halogens is 3. The lowest BCUT2D eigenvalue weighted by atomic mass is 10.3. The summed E-state index contributed by atoms with van der Waals surface area (Å²) in [5.74, 6) is 0.208. The largest absolute Gasteiger partial charge is 0.415 e. The van der Waals surface area contributed by atoms with Crippen molar-refractivity contribution in [2.45, 2.75) is 19.5 Å². The number of benzene rings is 1. The summed E-state index contributed by atoms with van der Waals surface area (Å²) in [6.07, 6.45) is -5.18. The normalized spacial score (nSPS) is 11.2. The summed E-state index contributed by atoms with van der Waals surface area (Å²) in [6.45, 7) is 1.14. The zero-order chi connectivity index (χ0) is 15.7. The van der Waals surface area contributed by atoms with E-state index in [2.05, 4.69) is 0 Å². The summed E-state index contributed by atoms with van der Waals surface area (Å²) in [4.78, 5) is 12.4. The van der Waals surface area contributed by atoms with Gasteiger partial charge in [-0.1, -0.05) is 18.2 Å². The van der Waals surface area contributed by atoms with Gasteiger partial charge in [-0.15, -0.1) is 0 Å². The number of rotatable bonds is 7. The van der Waals surface area contributed by atoms with Crippen LogP contribution < -0.4 is 4.74 Å². The molecule has 0 fully saturated rings. The Hall–Kier alpha value is -1.76. The van der Waals surface area contributed by atoms with Crippen molar-refractivity contribution in [3.63, 3.8) is 0 Å². The van der Waals surface area contributed by atoms with Gasteiger partial charge in [0.05, 0.1) is 0 Å². The topological polar surface area (TPSA) is 38.8 Å². The smallest absolute Gasteiger partial charge is 0.410 e. The third-order valence-corrected chi connectivity index (χ3v) is 2.50. The van der Waals surface area contributed by atoms with Crippen molar-refractivity contribution < 1.29 is 27.4 Å². The Morgan fingerprint density at radius 2 is 1.90 bits per heavy atom. The molecule has 118 valence electrons. The first-order valence-electron chi connectivity index (χ1n) is 6.58. The summed E-state index contributed by atoms with van der Waals surface area (Å²) in [7, 11) is 0. The Morgan fingerprint density at radius 1 is 1.24 bits per heavy atom. The van der Waals surface area contributed by atoms with Gasteiger partial charge in [0.2, 0.25) is 0 Å². The average molecular weight is 305 g/mol. The van der Waals surface area contributed by atoms with Crippen LogP contribution in [0.2, 0.25) is 0 Å². The van der Waals surface area contributed by atoms with Gasteiger partial charge in [0.25, 0.3) is 0 Å². The first kappa shape index (κ1) is 17.3. The van der Waals surface area contributed by atoms with Gasteiger partial charge in [0.15, 0.2) is 0 Å². The number of alkyl halides is 3. The first-order valence-corrected chi connectivity index (χ1v) is 6.58. The van der Waals surface area contributed by atoms with Gasteiger partial charge < -0.3 is 9.47 Å². The lowest BCUT2D eigenvalue weighted by Crippen LogP contribution is -2.41. The molecule has 0 unspecified atom stereocenters. The number of hydrogen-bond donors (Lipinski definition) is 0. The van der Waals surface area contributed by atoms with E-state index in [0.29, 0.717) is 24.5 Å². The minimum atomic E-state index is -4.47. The predicted molar refractivity (Wildman–Crippen MR) is 71.2 cm³/mol.